The number of aliphatic hydroxyl groups is 1. The number of aliphatic hydroxyl groups excluding tert-OH is 1. The Bertz CT molecular complexity index is 447. The molecule has 1 N–H and O–H groups in total. The monoisotopic (exact) mass is 301 g/mol. The van der Waals surface area contributed by atoms with Gasteiger partial charge in [-0.25, -0.2) is 8.78 Å². The summed E-state index contributed by atoms with van der Waals surface area (Å²) in [4.78, 5) is 2.30. The van der Waals surface area contributed by atoms with Crippen LogP contribution in [0.4, 0.5) is 8.78 Å². The third kappa shape index (κ3) is 4.43. The second kappa shape index (κ2) is 6.41. The Morgan fingerprint density at radius 2 is 1.95 bits per heavy atom. The van der Waals surface area contributed by atoms with E-state index in [2.05, 4.69) is 18.7 Å². The summed E-state index contributed by atoms with van der Waals surface area (Å²) >= 11 is 1.96. The van der Waals surface area contributed by atoms with Crippen molar-refractivity contribution >= 4 is 11.8 Å². The van der Waals surface area contributed by atoms with Gasteiger partial charge in [0.05, 0.1) is 6.10 Å². The first-order chi connectivity index (χ1) is 9.35. The third-order valence-electron chi connectivity index (χ3n) is 3.49. The molecule has 1 fully saturated rings. The molecule has 20 heavy (non-hydrogen) atoms. The summed E-state index contributed by atoms with van der Waals surface area (Å²) < 4.78 is 26.5. The molecule has 1 saturated heterocycles. The Hall–Kier alpha value is -0.650. The summed E-state index contributed by atoms with van der Waals surface area (Å²) in [5.41, 5.74) is 0.313. The van der Waals surface area contributed by atoms with Crippen LogP contribution >= 0.6 is 11.8 Å². The smallest absolute Gasteiger partial charge is 0.126 e. The molecule has 2 nitrogen and oxygen atoms in total. The number of nitrogens with zero attached hydrogens (tertiary/aromatic N) is 1. The average molecular weight is 301 g/mol. The van der Waals surface area contributed by atoms with Crippen LogP contribution in [-0.4, -0.2) is 40.1 Å². The van der Waals surface area contributed by atoms with E-state index in [-0.39, 0.29) is 4.75 Å². The summed E-state index contributed by atoms with van der Waals surface area (Å²) in [6, 6.07) is 3.22. The summed E-state index contributed by atoms with van der Waals surface area (Å²) in [6.45, 7) is 7.13. The predicted octanol–water partition coefficient (Wildman–Crippen LogP) is 3.22. The first-order valence-corrected chi connectivity index (χ1v) is 7.85. The summed E-state index contributed by atoms with van der Waals surface area (Å²) in [6.07, 6.45) is -0.332. The van der Waals surface area contributed by atoms with E-state index in [0.717, 1.165) is 31.5 Å². The van der Waals surface area contributed by atoms with Gasteiger partial charge in [0.15, 0.2) is 0 Å². The van der Waals surface area contributed by atoms with Crippen LogP contribution < -0.4 is 0 Å². The van der Waals surface area contributed by atoms with Gasteiger partial charge in [0.1, 0.15) is 11.6 Å². The van der Waals surface area contributed by atoms with Crippen LogP contribution in [0, 0.1) is 11.6 Å². The maximum Gasteiger partial charge on any atom is 0.126 e. The van der Waals surface area contributed by atoms with Gasteiger partial charge >= 0.3 is 0 Å². The minimum absolute atomic E-state index is 0.230. The second-order valence-electron chi connectivity index (χ2n) is 5.89. The number of rotatable bonds is 4. The van der Waals surface area contributed by atoms with Crippen molar-refractivity contribution in [3.8, 4) is 0 Å². The number of hydrogen-bond acceptors (Lipinski definition) is 3. The minimum atomic E-state index is -0.821. The third-order valence-corrected chi connectivity index (χ3v) is 4.79. The molecule has 0 saturated carbocycles. The Balaban J connectivity index is 1.90. The molecule has 1 atom stereocenters. The van der Waals surface area contributed by atoms with E-state index in [9.17, 15) is 13.9 Å². The molecule has 0 radical (unpaired) electrons. The topological polar surface area (TPSA) is 23.5 Å². The van der Waals surface area contributed by atoms with Gasteiger partial charge in [-0.3, -0.25) is 0 Å². The predicted molar refractivity (Wildman–Crippen MR) is 78.9 cm³/mol. The molecule has 1 heterocycles. The molecule has 112 valence electrons. The lowest BCUT2D eigenvalue weighted by atomic mass is 10.1. The van der Waals surface area contributed by atoms with Crippen LogP contribution in [0.1, 0.15) is 31.9 Å². The lowest BCUT2D eigenvalue weighted by Crippen LogP contribution is -2.43. The minimum Gasteiger partial charge on any atom is -0.388 e. The van der Waals surface area contributed by atoms with Gasteiger partial charge in [-0.05, 0) is 38.0 Å². The van der Waals surface area contributed by atoms with Gasteiger partial charge in [-0.2, -0.15) is 11.8 Å². The van der Waals surface area contributed by atoms with Crippen LogP contribution in [0.2, 0.25) is 0 Å². The second-order valence-corrected chi connectivity index (χ2v) is 7.69. The van der Waals surface area contributed by atoms with Crippen molar-refractivity contribution in [1.82, 2.24) is 4.90 Å². The first kappa shape index (κ1) is 15.7. The van der Waals surface area contributed by atoms with Crippen molar-refractivity contribution in [3.63, 3.8) is 0 Å². The largest absolute Gasteiger partial charge is 0.388 e. The summed E-state index contributed by atoms with van der Waals surface area (Å²) in [7, 11) is 0. The molecule has 0 aliphatic carbocycles. The fourth-order valence-electron chi connectivity index (χ4n) is 2.54. The molecule has 1 aromatic carbocycles. The van der Waals surface area contributed by atoms with E-state index < -0.39 is 17.7 Å². The van der Waals surface area contributed by atoms with Gasteiger partial charge in [0.2, 0.25) is 0 Å². The van der Waals surface area contributed by atoms with Crippen LogP contribution in [-0.2, 0) is 0 Å². The van der Waals surface area contributed by atoms with Crippen molar-refractivity contribution in [1.29, 1.82) is 0 Å². The van der Waals surface area contributed by atoms with Crippen molar-refractivity contribution in [2.24, 2.45) is 0 Å². The van der Waals surface area contributed by atoms with Gasteiger partial charge < -0.3 is 10.0 Å². The maximum absolute atomic E-state index is 13.1. The van der Waals surface area contributed by atoms with E-state index in [0.29, 0.717) is 12.0 Å². The lowest BCUT2D eigenvalue weighted by molar-refractivity contribution is 0.139. The van der Waals surface area contributed by atoms with E-state index in [1.54, 1.807) is 0 Å². The van der Waals surface area contributed by atoms with Crippen molar-refractivity contribution in [2.75, 3.05) is 25.4 Å². The van der Waals surface area contributed by atoms with Crippen molar-refractivity contribution in [3.05, 3.63) is 35.4 Å². The van der Waals surface area contributed by atoms with Gasteiger partial charge in [0.25, 0.3) is 0 Å². The highest BCUT2D eigenvalue weighted by molar-refractivity contribution is 8.00. The fraction of sp³-hybridized carbons (Fsp3) is 0.600. The van der Waals surface area contributed by atoms with Crippen molar-refractivity contribution in [2.45, 2.75) is 31.1 Å². The SMILES string of the molecule is CC1(C)CN(CCC(O)c2cc(F)cc(F)c2)CCS1. The molecule has 0 amide bonds. The normalized spacial score (nSPS) is 20.9. The number of halogens is 2. The number of thioether (sulfide) groups is 1. The van der Waals surface area contributed by atoms with Gasteiger partial charge in [-0.1, -0.05) is 0 Å². The zero-order valence-corrected chi connectivity index (χ0v) is 12.7. The quantitative estimate of drug-likeness (QED) is 0.924. The van der Waals surface area contributed by atoms with E-state index in [1.165, 1.54) is 12.1 Å². The zero-order valence-electron chi connectivity index (χ0n) is 11.9. The summed E-state index contributed by atoms with van der Waals surface area (Å²) in [5.74, 6) is -0.207. The van der Waals surface area contributed by atoms with Crippen molar-refractivity contribution < 1.29 is 13.9 Å². The molecule has 2 rings (SSSR count). The highest BCUT2D eigenvalue weighted by Gasteiger charge is 2.27. The Morgan fingerprint density at radius 1 is 1.30 bits per heavy atom. The molecule has 1 aromatic rings. The Labute approximate surface area is 123 Å². The zero-order chi connectivity index (χ0) is 14.8. The first-order valence-electron chi connectivity index (χ1n) is 6.86. The molecule has 0 spiro atoms. The van der Waals surface area contributed by atoms with E-state index in [1.807, 2.05) is 11.8 Å². The lowest BCUT2D eigenvalue weighted by Gasteiger charge is -2.37. The van der Waals surface area contributed by atoms with Gasteiger partial charge in [0, 0.05) is 36.2 Å². The van der Waals surface area contributed by atoms with Crippen LogP contribution in [0.5, 0.6) is 0 Å². The molecule has 1 aliphatic heterocycles. The van der Waals surface area contributed by atoms with Crippen LogP contribution in [0.15, 0.2) is 18.2 Å². The van der Waals surface area contributed by atoms with Crippen LogP contribution in [0.25, 0.3) is 0 Å². The molecule has 5 heteroatoms. The molecular weight excluding hydrogens is 280 g/mol. The maximum atomic E-state index is 13.1. The van der Waals surface area contributed by atoms with E-state index in [4.69, 9.17) is 0 Å². The molecular formula is C15H21F2NOS. The molecule has 0 bridgehead atoms. The molecule has 1 aliphatic rings. The molecule has 0 aromatic heterocycles. The fourth-order valence-corrected chi connectivity index (χ4v) is 3.72. The van der Waals surface area contributed by atoms with E-state index >= 15 is 0 Å². The highest BCUT2D eigenvalue weighted by atomic mass is 32.2. The average Bonchev–Trinajstić information content (AvgIpc) is 2.33. The Kier molecular flexibility index (Phi) is 5.04. The van der Waals surface area contributed by atoms with Gasteiger partial charge in [-0.15, -0.1) is 0 Å². The standard InChI is InChI=1S/C15H21F2NOS/c1-15(2)10-18(5-6-20-15)4-3-14(19)11-7-12(16)9-13(17)8-11/h7-9,14,19H,3-6,10H2,1-2H3. The van der Waals surface area contributed by atoms with Crippen LogP contribution in [0.3, 0.4) is 0 Å². The summed E-state index contributed by atoms with van der Waals surface area (Å²) in [5, 5.41) is 10.1. The highest BCUT2D eigenvalue weighted by Crippen LogP contribution is 2.30. The number of benzene rings is 1. The number of hydrogen-bond donors (Lipinski definition) is 1. The Morgan fingerprint density at radius 3 is 2.55 bits per heavy atom. The molecule has 1 unspecified atom stereocenters.